The van der Waals surface area contributed by atoms with Crippen molar-refractivity contribution in [3.63, 3.8) is 0 Å². The monoisotopic (exact) mass is 211 g/mol. The molecule has 1 fully saturated rings. The summed E-state index contributed by atoms with van der Waals surface area (Å²) < 4.78 is 4.73. The minimum Gasteiger partial charge on any atom is -0.447 e. The van der Waals surface area contributed by atoms with Crippen molar-refractivity contribution in [1.29, 1.82) is 0 Å². The second-order valence-corrected chi connectivity index (χ2v) is 3.61. The first-order valence-electron chi connectivity index (χ1n) is 5.29. The first-order chi connectivity index (χ1) is 7.20. The van der Waals surface area contributed by atoms with Crippen LogP contribution in [0.2, 0.25) is 0 Å². The van der Waals surface area contributed by atoms with Gasteiger partial charge in [0, 0.05) is 5.92 Å². The van der Waals surface area contributed by atoms with E-state index in [2.05, 4.69) is 6.58 Å². The quantitative estimate of drug-likeness (QED) is 0.653. The second kappa shape index (κ2) is 5.53. The number of hydrogen-bond acceptors (Lipinski definition) is 3. The Kier molecular flexibility index (Phi) is 4.34. The Hall–Kier alpha value is -1.32. The number of amides is 2. The Labute approximate surface area is 89.9 Å². The van der Waals surface area contributed by atoms with Crippen molar-refractivity contribution in [3.05, 3.63) is 12.7 Å². The van der Waals surface area contributed by atoms with Crippen LogP contribution in [0.3, 0.4) is 0 Å². The van der Waals surface area contributed by atoms with Gasteiger partial charge in [0.1, 0.15) is 6.61 Å². The third-order valence-corrected chi connectivity index (χ3v) is 2.46. The average molecular weight is 211 g/mol. The topological polar surface area (TPSA) is 46.6 Å². The molecule has 1 aliphatic rings. The van der Waals surface area contributed by atoms with Crippen LogP contribution in [-0.4, -0.2) is 30.1 Å². The summed E-state index contributed by atoms with van der Waals surface area (Å²) in [4.78, 5) is 24.3. The zero-order valence-electron chi connectivity index (χ0n) is 9.07. The number of carbonyl (C=O) groups is 2. The third-order valence-electron chi connectivity index (χ3n) is 2.46. The van der Waals surface area contributed by atoms with E-state index >= 15 is 0 Å². The zero-order valence-corrected chi connectivity index (χ0v) is 9.07. The van der Waals surface area contributed by atoms with E-state index in [1.165, 1.54) is 4.90 Å². The van der Waals surface area contributed by atoms with Crippen molar-refractivity contribution in [1.82, 2.24) is 4.90 Å². The molecule has 0 aromatic rings. The summed E-state index contributed by atoms with van der Waals surface area (Å²) in [6, 6.07) is 0. The predicted octanol–water partition coefficient (Wildman–Crippen LogP) is 1.96. The standard InChI is InChI=1S/C11H17NO3/c1-3-5-9(6-4-2)10(13)12-7-8-15-11(12)14/h3,9H,1,4-8H2,2H3/t9-/m0/s1. The molecule has 0 spiro atoms. The molecule has 15 heavy (non-hydrogen) atoms. The number of nitrogens with zero attached hydrogens (tertiary/aromatic N) is 1. The number of imide groups is 1. The van der Waals surface area contributed by atoms with E-state index in [1.807, 2.05) is 6.92 Å². The van der Waals surface area contributed by atoms with Crippen LogP contribution in [-0.2, 0) is 9.53 Å². The first-order valence-corrected chi connectivity index (χ1v) is 5.29. The molecule has 0 aromatic carbocycles. The molecule has 0 unspecified atom stereocenters. The van der Waals surface area contributed by atoms with Crippen LogP contribution in [0.1, 0.15) is 26.2 Å². The van der Waals surface area contributed by atoms with E-state index in [9.17, 15) is 9.59 Å². The summed E-state index contributed by atoms with van der Waals surface area (Å²) in [6.07, 6.45) is 3.54. The summed E-state index contributed by atoms with van der Waals surface area (Å²) in [5.41, 5.74) is 0. The summed E-state index contributed by atoms with van der Waals surface area (Å²) >= 11 is 0. The number of allylic oxidation sites excluding steroid dienone is 1. The zero-order chi connectivity index (χ0) is 11.3. The Morgan fingerprint density at radius 3 is 2.93 bits per heavy atom. The molecule has 0 bridgehead atoms. The maximum atomic E-state index is 11.9. The maximum absolute atomic E-state index is 11.9. The van der Waals surface area contributed by atoms with Crippen LogP contribution in [0.5, 0.6) is 0 Å². The number of rotatable bonds is 5. The molecular formula is C11H17NO3. The highest BCUT2D eigenvalue weighted by molar-refractivity contribution is 5.94. The van der Waals surface area contributed by atoms with E-state index in [1.54, 1.807) is 6.08 Å². The van der Waals surface area contributed by atoms with Crippen LogP contribution in [0.4, 0.5) is 4.79 Å². The fraction of sp³-hybridized carbons (Fsp3) is 0.636. The number of carbonyl (C=O) groups excluding carboxylic acids is 2. The van der Waals surface area contributed by atoms with Crippen molar-refractivity contribution < 1.29 is 14.3 Å². The highest BCUT2D eigenvalue weighted by atomic mass is 16.6. The van der Waals surface area contributed by atoms with E-state index in [4.69, 9.17) is 4.74 Å². The van der Waals surface area contributed by atoms with Gasteiger partial charge in [-0.05, 0) is 12.8 Å². The van der Waals surface area contributed by atoms with Crippen molar-refractivity contribution in [2.75, 3.05) is 13.2 Å². The van der Waals surface area contributed by atoms with Gasteiger partial charge < -0.3 is 4.74 Å². The lowest BCUT2D eigenvalue weighted by atomic mass is 9.98. The summed E-state index contributed by atoms with van der Waals surface area (Å²) in [5, 5.41) is 0. The fourth-order valence-electron chi connectivity index (χ4n) is 1.71. The predicted molar refractivity (Wildman–Crippen MR) is 56.3 cm³/mol. The van der Waals surface area contributed by atoms with Crippen LogP contribution in [0.15, 0.2) is 12.7 Å². The van der Waals surface area contributed by atoms with Crippen LogP contribution >= 0.6 is 0 Å². The normalized spacial score (nSPS) is 17.4. The Morgan fingerprint density at radius 2 is 2.47 bits per heavy atom. The fourth-order valence-corrected chi connectivity index (χ4v) is 1.71. The first kappa shape index (κ1) is 11.8. The van der Waals surface area contributed by atoms with Gasteiger partial charge in [-0.15, -0.1) is 6.58 Å². The molecule has 1 heterocycles. The highest BCUT2D eigenvalue weighted by Gasteiger charge is 2.32. The van der Waals surface area contributed by atoms with Crippen molar-refractivity contribution in [3.8, 4) is 0 Å². The molecule has 0 aliphatic carbocycles. The molecule has 1 aliphatic heterocycles. The number of ether oxygens (including phenoxy) is 1. The summed E-state index contributed by atoms with van der Waals surface area (Å²) in [6.45, 7) is 6.34. The Bertz CT molecular complexity index is 263. The van der Waals surface area contributed by atoms with Gasteiger partial charge in [-0.2, -0.15) is 0 Å². The van der Waals surface area contributed by atoms with E-state index < -0.39 is 6.09 Å². The average Bonchev–Trinajstić information content (AvgIpc) is 2.63. The van der Waals surface area contributed by atoms with Gasteiger partial charge in [-0.3, -0.25) is 4.79 Å². The van der Waals surface area contributed by atoms with E-state index in [0.29, 0.717) is 19.6 Å². The molecule has 1 saturated heterocycles. The minimum atomic E-state index is -0.509. The van der Waals surface area contributed by atoms with Gasteiger partial charge >= 0.3 is 6.09 Å². The Balaban J connectivity index is 2.61. The molecule has 0 saturated carbocycles. The van der Waals surface area contributed by atoms with Gasteiger partial charge in [0.15, 0.2) is 0 Å². The Morgan fingerprint density at radius 1 is 1.73 bits per heavy atom. The van der Waals surface area contributed by atoms with Gasteiger partial charge in [0.05, 0.1) is 6.54 Å². The summed E-state index contributed by atoms with van der Waals surface area (Å²) in [5.74, 6) is -0.252. The third kappa shape index (κ3) is 2.81. The van der Waals surface area contributed by atoms with E-state index in [0.717, 1.165) is 12.8 Å². The lowest BCUT2D eigenvalue weighted by Crippen LogP contribution is -2.36. The molecule has 0 N–H and O–H groups in total. The minimum absolute atomic E-state index is 0.126. The highest BCUT2D eigenvalue weighted by Crippen LogP contribution is 2.17. The SMILES string of the molecule is C=CC[C@@H](CCC)C(=O)N1CCOC1=O. The molecule has 4 heteroatoms. The largest absolute Gasteiger partial charge is 0.447 e. The maximum Gasteiger partial charge on any atom is 0.416 e. The molecule has 4 nitrogen and oxygen atoms in total. The molecule has 1 atom stereocenters. The van der Waals surface area contributed by atoms with Crippen molar-refractivity contribution in [2.24, 2.45) is 5.92 Å². The molecule has 1 rings (SSSR count). The lowest BCUT2D eigenvalue weighted by Gasteiger charge is -2.18. The molecule has 2 amide bonds. The van der Waals surface area contributed by atoms with E-state index in [-0.39, 0.29) is 11.8 Å². The lowest BCUT2D eigenvalue weighted by molar-refractivity contribution is -0.132. The number of cyclic esters (lactones) is 1. The van der Waals surface area contributed by atoms with Crippen LogP contribution < -0.4 is 0 Å². The van der Waals surface area contributed by atoms with Crippen molar-refractivity contribution in [2.45, 2.75) is 26.2 Å². The van der Waals surface area contributed by atoms with Gasteiger partial charge in [-0.1, -0.05) is 19.4 Å². The van der Waals surface area contributed by atoms with Crippen LogP contribution in [0.25, 0.3) is 0 Å². The van der Waals surface area contributed by atoms with Gasteiger partial charge in [-0.25, -0.2) is 9.69 Å². The summed E-state index contributed by atoms with van der Waals surface area (Å²) in [7, 11) is 0. The smallest absolute Gasteiger partial charge is 0.416 e. The molecule has 0 aromatic heterocycles. The number of hydrogen-bond donors (Lipinski definition) is 0. The van der Waals surface area contributed by atoms with Crippen molar-refractivity contribution >= 4 is 12.0 Å². The van der Waals surface area contributed by atoms with Gasteiger partial charge in [0.25, 0.3) is 0 Å². The van der Waals surface area contributed by atoms with Gasteiger partial charge in [0.2, 0.25) is 5.91 Å². The molecule has 84 valence electrons. The van der Waals surface area contributed by atoms with Crippen LogP contribution in [0, 0.1) is 5.92 Å². The molecule has 0 radical (unpaired) electrons. The second-order valence-electron chi connectivity index (χ2n) is 3.61. The molecular weight excluding hydrogens is 194 g/mol.